The van der Waals surface area contributed by atoms with Gasteiger partial charge in [0.1, 0.15) is 0 Å². The standard InChI is InChI=1S/C9H8BrN5O2S/c10-6-1-5(2-12-3-6)8-13-14-9(15(8)11)18-4-7(16)17/h1-3H,4,11H2,(H,16,17). The van der Waals surface area contributed by atoms with Crippen molar-refractivity contribution < 1.29 is 9.90 Å². The number of pyridine rings is 1. The lowest BCUT2D eigenvalue weighted by atomic mass is 10.3. The van der Waals surface area contributed by atoms with Crippen LogP contribution in [-0.2, 0) is 4.79 Å². The van der Waals surface area contributed by atoms with Crippen molar-refractivity contribution in [3.8, 4) is 11.4 Å². The molecule has 0 radical (unpaired) electrons. The molecule has 2 rings (SSSR count). The highest BCUT2D eigenvalue weighted by Gasteiger charge is 2.13. The number of carboxylic acids is 1. The van der Waals surface area contributed by atoms with Gasteiger partial charge in [-0.15, -0.1) is 10.2 Å². The number of halogens is 1. The zero-order valence-electron chi connectivity index (χ0n) is 8.95. The van der Waals surface area contributed by atoms with Crippen molar-refractivity contribution in [2.45, 2.75) is 5.16 Å². The van der Waals surface area contributed by atoms with Gasteiger partial charge in [-0.25, -0.2) is 4.68 Å². The summed E-state index contributed by atoms with van der Waals surface area (Å²) in [6, 6.07) is 1.80. The molecule has 0 saturated carbocycles. The van der Waals surface area contributed by atoms with Crippen molar-refractivity contribution in [3.05, 3.63) is 22.9 Å². The second kappa shape index (κ2) is 5.36. The fraction of sp³-hybridized carbons (Fsp3) is 0.111. The Morgan fingerprint density at radius 3 is 2.94 bits per heavy atom. The molecule has 2 aromatic heterocycles. The molecular weight excluding hydrogens is 322 g/mol. The molecular formula is C9H8BrN5O2S. The van der Waals surface area contributed by atoms with E-state index in [1.807, 2.05) is 0 Å². The third-order valence-electron chi connectivity index (χ3n) is 1.95. The molecule has 7 nitrogen and oxygen atoms in total. The summed E-state index contributed by atoms with van der Waals surface area (Å²) in [5, 5.41) is 16.7. The molecule has 3 N–H and O–H groups in total. The molecule has 0 spiro atoms. The molecule has 0 aliphatic heterocycles. The fourth-order valence-corrected chi connectivity index (χ4v) is 2.17. The van der Waals surface area contributed by atoms with Crippen LogP contribution < -0.4 is 5.84 Å². The number of rotatable bonds is 4. The number of aromatic nitrogens is 4. The SMILES string of the molecule is Nn1c(SCC(=O)O)nnc1-c1cncc(Br)c1. The van der Waals surface area contributed by atoms with Gasteiger partial charge in [0.25, 0.3) is 0 Å². The first-order valence-corrected chi connectivity index (χ1v) is 6.52. The Morgan fingerprint density at radius 2 is 2.28 bits per heavy atom. The molecule has 0 bridgehead atoms. The molecule has 9 heteroatoms. The van der Waals surface area contributed by atoms with E-state index in [1.165, 1.54) is 4.68 Å². The van der Waals surface area contributed by atoms with Gasteiger partial charge in [-0.1, -0.05) is 11.8 Å². The zero-order chi connectivity index (χ0) is 13.1. The molecule has 0 fully saturated rings. The molecule has 2 aromatic rings. The van der Waals surface area contributed by atoms with Crippen LogP contribution in [0.25, 0.3) is 11.4 Å². The number of thioether (sulfide) groups is 1. The summed E-state index contributed by atoms with van der Waals surface area (Å²) in [5.41, 5.74) is 0.696. The van der Waals surface area contributed by atoms with Gasteiger partial charge >= 0.3 is 5.97 Å². The van der Waals surface area contributed by atoms with Crippen LogP contribution in [0.2, 0.25) is 0 Å². The summed E-state index contributed by atoms with van der Waals surface area (Å²) < 4.78 is 2.04. The summed E-state index contributed by atoms with van der Waals surface area (Å²) in [4.78, 5) is 14.5. The number of hydrogen-bond acceptors (Lipinski definition) is 6. The van der Waals surface area contributed by atoms with Gasteiger partial charge in [0.15, 0.2) is 5.82 Å². The van der Waals surface area contributed by atoms with E-state index in [0.29, 0.717) is 16.5 Å². The van der Waals surface area contributed by atoms with E-state index in [1.54, 1.807) is 18.5 Å². The molecule has 2 heterocycles. The highest BCUT2D eigenvalue weighted by atomic mass is 79.9. The highest BCUT2D eigenvalue weighted by Crippen LogP contribution is 2.22. The van der Waals surface area contributed by atoms with Crippen LogP contribution in [0.4, 0.5) is 0 Å². The summed E-state index contributed by atoms with van der Waals surface area (Å²) in [6.07, 6.45) is 3.24. The smallest absolute Gasteiger partial charge is 0.313 e. The van der Waals surface area contributed by atoms with Gasteiger partial charge in [0.2, 0.25) is 5.16 Å². The normalized spacial score (nSPS) is 10.5. The van der Waals surface area contributed by atoms with E-state index in [2.05, 4.69) is 31.1 Å². The monoisotopic (exact) mass is 329 g/mol. The van der Waals surface area contributed by atoms with E-state index in [4.69, 9.17) is 10.9 Å². The van der Waals surface area contributed by atoms with Crippen molar-refractivity contribution in [3.63, 3.8) is 0 Å². The molecule has 0 aliphatic carbocycles. The molecule has 0 unspecified atom stereocenters. The van der Waals surface area contributed by atoms with Gasteiger partial charge in [-0.3, -0.25) is 9.78 Å². The van der Waals surface area contributed by atoms with Gasteiger partial charge in [-0.2, -0.15) is 0 Å². The van der Waals surface area contributed by atoms with Crippen LogP contribution in [0.1, 0.15) is 0 Å². The van der Waals surface area contributed by atoms with Crippen molar-refractivity contribution in [2.75, 3.05) is 11.6 Å². The number of nitrogens with zero attached hydrogens (tertiary/aromatic N) is 4. The molecule has 18 heavy (non-hydrogen) atoms. The van der Waals surface area contributed by atoms with E-state index in [-0.39, 0.29) is 5.75 Å². The average Bonchev–Trinajstić information content (AvgIpc) is 2.68. The Kier molecular flexibility index (Phi) is 3.82. The first kappa shape index (κ1) is 12.8. The Labute approximate surface area is 115 Å². The van der Waals surface area contributed by atoms with Gasteiger partial charge < -0.3 is 10.9 Å². The van der Waals surface area contributed by atoms with Crippen LogP contribution in [0.5, 0.6) is 0 Å². The predicted molar refractivity (Wildman–Crippen MR) is 69.5 cm³/mol. The summed E-state index contributed by atoms with van der Waals surface area (Å²) in [5.74, 6) is 5.18. The largest absolute Gasteiger partial charge is 0.481 e. The summed E-state index contributed by atoms with van der Waals surface area (Å²) in [6.45, 7) is 0. The topological polar surface area (TPSA) is 107 Å². The zero-order valence-corrected chi connectivity index (χ0v) is 11.3. The van der Waals surface area contributed by atoms with Crippen molar-refractivity contribution in [2.24, 2.45) is 0 Å². The third kappa shape index (κ3) is 2.79. The van der Waals surface area contributed by atoms with Crippen LogP contribution in [0.15, 0.2) is 28.1 Å². The fourth-order valence-electron chi connectivity index (χ4n) is 1.23. The summed E-state index contributed by atoms with van der Waals surface area (Å²) in [7, 11) is 0. The Morgan fingerprint density at radius 1 is 1.50 bits per heavy atom. The molecule has 0 aliphatic rings. The highest BCUT2D eigenvalue weighted by molar-refractivity contribution is 9.10. The minimum atomic E-state index is -0.936. The van der Waals surface area contributed by atoms with Crippen LogP contribution in [-0.4, -0.2) is 36.7 Å². The van der Waals surface area contributed by atoms with Crippen LogP contribution in [0.3, 0.4) is 0 Å². The minimum Gasteiger partial charge on any atom is -0.481 e. The van der Waals surface area contributed by atoms with E-state index < -0.39 is 5.97 Å². The second-order valence-electron chi connectivity index (χ2n) is 3.25. The van der Waals surface area contributed by atoms with Gasteiger partial charge in [0, 0.05) is 22.4 Å². The van der Waals surface area contributed by atoms with Crippen molar-refractivity contribution in [1.29, 1.82) is 0 Å². The molecule has 94 valence electrons. The Hall–Kier alpha value is -1.61. The number of carbonyl (C=O) groups is 1. The maximum atomic E-state index is 10.5. The van der Waals surface area contributed by atoms with Crippen LogP contribution >= 0.6 is 27.7 Å². The van der Waals surface area contributed by atoms with Crippen molar-refractivity contribution >= 4 is 33.7 Å². The van der Waals surface area contributed by atoms with Gasteiger partial charge in [0.05, 0.1) is 5.75 Å². The second-order valence-corrected chi connectivity index (χ2v) is 5.11. The minimum absolute atomic E-state index is 0.119. The number of nitrogens with two attached hydrogens (primary N) is 1. The number of aliphatic carboxylic acids is 1. The number of hydrogen-bond donors (Lipinski definition) is 2. The Bertz CT molecular complexity index is 588. The summed E-state index contributed by atoms with van der Waals surface area (Å²) >= 11 is 4.30. The first-order valence-electron chi connectivity index (χ1n) is 4.74. The van der Waals surface area contributed by atoms with E-state index in [9.17, 15) is 4.79 Å². The average molecular weight is 330 g/mol. The van der Waals surface area contributed by atoms with Crippen LogP contribution in [0, 0.1) is 0 Å². The lowest BCUT2D eigenvalue weighted by Crippen LogP contribution is -2.12. The number of nitrogen functional groups attached to an aromatic ring is 1. The van der Waals surface area contributed by atoms with Crippen molar-refractivity contribution in [1.82, 2.24) is 19.9 Å². The first-order chi connectivity index (χ1) is 8.58. The lowest BCUT2D eigenvalue weighted by Gasteiger charge is -2.02. The maximum absolute atomic E-state index is 10.5. The number of carboxylic acid groups (broad SMARTS) is 1. The van der Waals surface area contributed by atoms with E-state index in [0.717, 1.165) is 16.2 Å². The predicted octanol–water partition coefficient (Wildman–Crippen LogP) is 0.993. The lowest BCUT2D eigenvalue weighted by molar-refractivity contribution is -0.133. The molecule has 0 amide bonds. The maximum Gasteiger partial charge on any atom is 0.313 e. The van der Waals surface area contributed by atoms with E-state index >= 15 is 0 Å². The molecule has 0 atom stereocenters. The molecule has 0 saturated heterocycles. The molecule has 0 aromatic carbocycles. The quantitative estimate of drug-likeness (QED) is 0.636. The van der Waals surface area contributed by atoms with Gasteiger partial charge in [-0.05, 0) is 22.0 Å². The Balaban J connectivity index is 2.28. The third-order valence-corrected chi connectivity index (χ3v) is 3.31.